The molecule has 2 aliphatic rings. The van der Waals surface area contributed by atoms with Gasteiger partial charge in [-0.1, -0.05) is 152 Å². The van der Waals surface area contributed by atoms with E-state index in [1.165, 1.54) is 44.5 Å². The second-order valence-corrected chi connectivity index (χ2v) is 7.73. The van der Waals surface area contributed by atoms with Gasteiger partial charge in [0, 0.05) is 0 Å². The van der Waals surface area contributed by atoms with Crippen LogP contribution in [-0.4, -0.2) is 0 Å². The van der Waals surface area contributed by atoms with Gasteiger partial charge in [-0.05, 0) is 57.3 Å². The Morgan fingerprint density at radius 3 is 0.771 bits per heavy atom. The molecule has 0 atom stereocenters. The molecular formula is C35H44. The molecule has 0 heterocycles. The lowest BCUT2D eigenvalue weighted by Gasteiger charge is -2.46. The Balaban J connectivity index is 0.000000495. The topological polar surface area (TPSA) is 0 Å². The van der Waals surface area contributed by atoms with Crippen LogP contribution in [0.3, 0.4) is 0 Å². The van der Waals surface area contributed by atoms with Crippen molar-refractivity contribution >= 4 is 0 Å². The highest BCUT2D eigenvalue weighted by atomic mass is 14.5. The van der Waals surface area contributed by atoms with Gasteiger partial charge in [-0.25, -0.2) is 0 Å². The molecule has 0 saturated carbocycles. The first-order valence-corrected chi connectivity index (χ1v) is 13.7. The molecule has 0 saturated heterocycles. The van der Waals surface area contributed by atoms with Crippen LogP contribution in [-0.2, 0) is 18.3 Å². The summed E-state index contributed by atoms with van der Waals surface area (Å²) in [6.07, 6.45) is 2.02. The van der Waals surface area contributed by atoms with E-state index < -0.39 is 0 Å². The Morgan fingerprint density at radius 1 is 0.343 bits per heavy atom. The average molecular weight is 465 g/mol. The van der Waals surface area contributed by atoms with Crippen molar-refractivity contribution in [3.05, 3.63) is 142 Å². The fraction of sp³-hybridized carbons (Fsp3) is 0.314. The van der Waals surface area contributed by atoms with Crippen LogP contribution >= 0.6 is 0 Å². The highest BCUT2D eigenvalue weighted by Crippen LogP contribution is 2.54. The maximum absolute atomic E-state index is 2.35. The van der Waals surface area contributed by atoms with Gasteiger partial charge in [0.25, 0.3) is 0 Å². The third-order valence-corrected chi connectivity index (χ3v) is 6.45. The molecule has 0 bridgehead atoms. The van der Waals surface area contributed by atoms with Crippen LogP contribution in [0.2, 0.25) is 0 Å². The van der Waals surface area contributed by atoms with Gasteiger partial charge in [-0.2, -0.15) is 0 Å². The Kier molecular flexibility index (Phi) is 11.0. The Morgan fingerprint density at radius 2 is 0.543 bits per heavy atom. The standard InChI is InChI=1S/C27H20.4C2H6/c1-5-13-23-19(9-1)17-20-10-2-6-14-24(20)27(23)25-15-7-3-11-21(25)18-22-12-4-8-16-26(22)27;4*1-2/h1-16H,17-18H2;4*1-2H3. The molecule has 0 amide bonds. The summed E-state index contributed by atoms with van der Waals surface area (Å²) < 4.78 is 0. The lowest BCUT2D eigenvalue weighted by Crippen LogP contribution is -2.39. The third-order valence-electron chi connectivity index (χ3n) is 6.45. The van der Waals surface area contributed by atoms with Crippen molar-refractivity contribution in [2.24, 2.45) is 0 Å². The van der Waals surface area contributed by atoms with Gasteiger partial charge in [0.05, 0.1) is 5.41 Å². The van der Waals surface area contributed by atoms with Crippen LogP contribution in [0.5, 0.6) is 0 Å². The monoisotopic (exact) mass is 464 g/mol. The zero-order valence-electron chi connectivity index (χ0n) is 23.2. The van der Waals surface area contributed by atoms with Crippen molar-refractivity contribution in [3.63, 3.8) is 0 Å². The number of hydrogen-bond donors (Lipinski definition) is 0. The van der Waals surface area contributed by atoms with Crippen LogP contribution < -0.4 is 0 Å². The molecule has 4 aromatic rings. The Labute approximate surface area is 215 Å². The van der Waals surface area contributed by atoms with E-state index in [-0.39, 0.29) is 5.41 Å². The Bertz CT molecular complexity index is 992. The molecule has 6 rings (SSSR count). The predicted octanol–water partition coefficient (Wildman–Crippen LogP) is 9.98. The van der Waals surface area contributed by atoms with Crippen LogP contribution in [0.15, 0.2) is 97.1 Å². The Hall–Kier alpha value is -3.12. The summed E-state index contributed by atoms with van der Waals surface area (Å²) in [7, 11) is 0. The van der Waals surface area contributed by atoms with Crippen LogP contribution in [0, 0.1) is 0 Å². The first-order chi connectivity index (χ1) is 17.4. The van der Waals surface area contributed by atoms with Crippen molar-refractivity contribution in [2.45, 2.75) is 73.6 Å². The molecule has 0 unspecified atom stereocenters. The van der Waals surface area contributed by atoms with E-state index in [0.717, 1.165) is 12.8 Å². The molecule has 0 nitrogen and oxygen atoms in total. The summed E-state index contributed by atoms with van der Waals surface area (Å²) in [5, 5.41) is 0. The fourth-order valence-electron chi connectivity index (χ4n) is 5.44. The van der Waals surface area contributed by atoms with E-state index in [1.54, 1.807) is 0 Å². The first kappa shape index (κ1) is 28.1. The predicted molar refractivity (Wildman–Crippen MR) is 156 cm³/mol. The number of hydrogen-bond acceptors (Lipinski definition) is 0. The van der Waals surface area contributed by atoms with E-state index in [0.29, 0.717) is 0 Å². The number of fused-ring (bicyclic) bond motifs is 8. The minimum atomic E-state index is -0.211. The largest absolute Gasteiger partial charge is 0.0712 e. The van der Waals surface area contributed by atoms with Gasteiger partial charge < -0.3 is 0 Å². The molecule has 0 aromatic heterocycles. The van der Waals surface area contributed by atoms with Gasteiger partial charge in [0.2, 0.25) is 0 Å². The SMILES string of the molecule is CC.CC.CC.CC.c1ccc2c(c1)Cc1ccccc1C21c2ccccc2Cc2ccccc21. The highest BCUT2D eigenvalue weighted by Gasteiger charge is 2.47. The van der Waals surface area contributed by atoms with Crippen LogP contribution in [0.4, 0.5) is 0 Å². The zero-order chi connectivity index (χ0) is 25.8. The van der Waals surface area contributed by atoms with E-state index in [9.17, 15) is 0 Å². The average Bonchev–Trinajstić information content (AvgIpc) is 2.97. The summed E-state index contributed by atoms with van der Waals surface area (Å²) in [5.41, 5.74) is 11.4. The summed E-state index contributed by atoms with van der Waals surface area (Å²) in [6, 6.07) is 36.2. The molecule has 4 aromatic carbocycles. The molecule has 0 radical (unpaired) electrons. The molecule has 0 N–H and O–H groups in total. The van der Waals surface area contributed by atoms with E-state index in [2.05, 4.69) is 97.1 Å². The van der Waals surface area contributed by atoms with Gasteiger partial charge >= 0.3 is 0 Å². The molecule has 35 heavy (non-hydrogen) atoms. The molecular weight excluding hydrogens is 420 g/mol. The van der Waals surface area contributed by atoms with Gasteiger partial charge in [-0.15, -0.1) is 0 Å². The molecule has 0 aliphatic heterocycles. The molecule has 0 heteroatoms. The lowest BCUT2D eigenvalue weighted by atomic mass is 9.56. The molecule has 2 aliphatic carbocycles. The second kappa shape index (κ2) is 13.7. The summed E-state index contributed by atoms with van der Waals surface area (Å²) in [4.78, 5) is 0. The quantitative estimate of drug-likeness (QED) is 0.210. The maximum atomic E-state index is 2.35. The van der Waals surface area contributed by atoms with Crippen molar-refractivity contribution in [1.82, 2.24) is 0 Å². The second-order valence-electron chi connectivity index (χ2n) is 7.73. The summed E-state index contributed by atoms with van der Waals surface area (Å²) in [6.45, 7) is 16.0. The molecule has 0 fully saturated rings. The van der Waals surface area contributed by atoms with Crippen molar-refractivity contribution in [3.8, 4) is 0 Å². The van der Waals surface area contributed by atoms with E-state index >= 15 is 0 Å². The smallest absolute Gasteiger partial charge is 0.0683 e. The van der Waals surface area contributed by atoms with Crippen molar-refractivity contribution < 1.29 is 0 Å². The fourth-order valence-corrected chi connectivity index (χ4v) is 5.44. The minimum absolute atomic E-state index is 0.211. The number of benzene rings is 4. The maximum Gasteiger partial charge on any atom is 0.0712 e. The zero-order valence-corrected chi connectivity index (χ0v) is 23.2. The lowest BCUT2D eigenvalue weighted by molar-refractivity contribution is 0.670. The van der Waals surface area contributed by atoms with Crippen molar-refractivity contribution in [1.29, 1.82) is 0 Å². The molecule has 1 spiro atoms. The van der Waals surface area contributed by atoms with Crippen LogP contribution in [0.1, 0.15) is 99.9 Å². The summed E-state index contributed by atoms with van der Waals surface area (Å²) >= 11 is 0. The van der Waals surface area contributed by atoms with Gasteiger partial charge in [0.15, 0.2) is 0 Å². The summed E-state index contributed by atoms with van der Waals surface area (Å²) in [5.74, 6) is 0. The molecule has 184 valence electrons. The highest BCUT2D eigenvalue weighted by molar-refractivity contribution is 5.71. The van der Waals surface area contributed by atoms with Crippen LogP contribution in [0.25, 0.3) is 0 Å². The number of rotatable bonds is 0. The van der Waals surface area contributed by atoms with Gasteiger partial charge in [0.1, 0.15) is 0 Å². The van der Waals surface area contributed by atoms with E-state index in [1.807, 2.05) is 55.4 Å². The minimum Gasteiger partial charge on any atom is -0.0683 e. The van der Waals surface area contributed by atoms with Crippen molar-refractivity contribution in [2.75, 3.05) is 0 Å². The first-order valence-electron chi connectivity index (χ1n) is 13.7. The van der Waals surface area contributed by atoms with Gasteiger partial charge in [-0.3, -0.25) is 0 Å². The normalized spacial score (nSPS) is 12.6. The third kappa shape index (κ3) is 4.85. The van der Waals surface area contributed by atoms with E-state index in [4.69, 9.17) is 0 Å².